The molecule has 0 aliphatic carbocycles. The average Bonchev–Trinajstić information content (AvgIpc) is 2.37. The molecule has 0 aromatic heterocycles. The van der Waals surface area contributed by atoms with Gasteiger partial charge >= 0.3 is 0 Å². The molecule has 1 amide bonds. The zero-order valence-electron chi connectivity index (χ0n) is 10.6. The Labute approximate surface area is 105 Å². The third-order valence-electron chi connectivity index (χ3n) is 2.71. The van der Waals surface area contributed by atoms with Gasteiger partial charge in [-0.15, -0.1) is 0 Å². The number of nitrogens with one attached hydrogen (secondary N) is 1. The number of anilines is 1. The summed E-state index contributed by atoms with van der Waals surface area (Å²) in [5.41, 5.74) is 0.363. The molecule has 0 saturated heterocycles. The molecule has 6 nitrogen and oxygen atoms in total. The number of carbonyl (C=O) groups is 1. The van der Waals surface area contributed by atoms with Crippen molar-refractivity contribution >= 4 is 17.3 Å². The van der Waals surface area contributed by atoms with Crippen molar-refractivity contribution in [1.29, 1.82) is 0 Å². The minimum atomic E-state index is -0.511. The molecule has 0 aliphatic rings. The molecular weight excluding hydrogens is 236 g/mol. The number of benzene rings is 1. The topological polar surface area (TPSA) is 81.5 Å². The molecule has 6 heteroatoms. The van der Waals surface area contributed by atoms with Crippen LogP contribution in [0.4, 0.5) is 11.4 Å². The fraction of sp³-hybridized carbons (Fsp3) is 0.417. The molecule has 0 aliphatic heterocycles. The lowest BCUT2D eigenvalue weighted by molar-refractivity contribution is -0.384. The molecule has 0 bridgehead atoms. The van der Waals surface area contributed by atoms with E-state index in [2.05, 4.69) is 5.32 Å². The number of nitro groups is 1. The van der Waals surface area contributed by atoms with E-state index in [1.807, 2.05) is 13.8 Å². The average molecular weight is 252 g/mol. The minimum absolute atomic E-state index is 0.0756. The number of amides is 1. The van der Waals surface area contributed by atoms with E-state index in [1.165, 1.54) is 25.3 Å². The number of hydrogen-bond donors (Lipinski definition) is 1. The Morgan fingerprint density at radius 3 is 2.72 bits per heavy atom. The van der Waals surface area contributed by atoms with E-state index in [1.54, 1.807) is 0 Å². The molecule has 1 N–H and O–H groups in total. The highest BCUT2D eigenvalue weighted by molar-refractivity contribution is 5.93. The molecule has 18 heavy (non-hydrogen) atoms. The number of rotatable bonds is 5. The Morgan fingerprint density at radius 1 is 1.56 bits per heavy atom. The predicted molar refractivity (Wildman–Crippen MR) is 67.7 cm³/mol. The normalized spacial score (nSPS) is 11.7. The van der Waals surface area contributed by atoms with Gasteiger partial charge in [0, 0.05) is 12.0 Å². The second kappa shape index (κ2) is 6.00. The van der Waals surface area contributed by atoms with Crippen LogP contribution in [0.15, 0.2) is 18.2 Å². The quantitative estimate of drug-likeness (QED) is 0.645. The molecule has 0 saturated carbocycles. The number of nitrogens with zero attached hydrogens (tertiary/aromatic N) is 1. The van der Waals surface area contributed by atoms with Crippen LogP contribution in [0.25, 0.3) is 0 Å². The van der Waals surface area contributed by atoms with Crippen molar-refractivity contribution in [3.63, 3.8) is 0 Å². The molecule has 0 radical (unpaired) electrons. The van der Waals surface area contributed by atoms with Crippen molar-refractivity contribution in [1.82, 2.24) is 0 Å². The smallest absolute Gasteiger partial charge is 0.273 e. The molecule has 0 heterocycles. The lowest BCUT2D eigenvalue weighted by atomic mass is 10.1. The second-order valence-electron chi connectivity index (χ2n) is 3.94. The van der Waals surface area contributed by atoms with Crippen LogP contribution < -0.4 is 10.1 Å². The van der Waals surface area contributed by atoms with Gasteiger partial charge in [-0.3, -0.25) is 14.9 Å². The zero-order chi connectivity index (χ0) is 13.7. The van der Waals surface area contributed by atoms with E-state index in [0.29, 0.717) is 5.69 Å². The predicted octanol–water partition coefficient (Wildman–Crippen LogP) is 2.59. The number of hydrogen-bond acceptors (Lipinski definition) is 4. The third-order valence-corrected chi connectivity index (χ3v) is 2.71. The summed E-state index contributed by atoms with van der Waals surface area (Å²) in [4.78, 5) is 21.8. The van der Waals surface area contributed by atoms with Crippen molar-refractivity contribution in [3.8, 4) is 5.75 Å². The highest BCUT2D eigenvalue weighted by Gasteiger charge is 2.15. The van der Waals surface area contributed by atoms with Gasteiger partial charge in [-0.2, -0.15) is 0 Å². The van der Waals surface area contributed by atoms with Crippen molar-refractivity contribution < 1.29 is 14.5 Å². The number of carbonyl (C=O) groups excluding carboxylic acids is 1. The van der Waals surface area contributed by atoms with Gasteiger partial charge in [0.1, 0.15) is 5.75 Å². The van der Waals surface area contributed by atoms with E-state index in [9.17, 15) is 14.9 Å². The summed E-state index contributed by atoms with van der Waals surface area (Å²) >= 11 is 0. The maximum Gasteiger partial charge on any atom is 0.273 e. The van der Waals surface area contributed by atoms with Gasteiger partial charge in [-0.1, -0.05) is 13.8 Å². The zero-order valence-corrected chi connectivity index (χ0v) is 10.6. The monoisotopic (exact) mass is 252 g/mol. The van der Waals surface area contributed by atoms with Gasteiger partial charge in [0.05, 0.1) is 23.8 Å². The number of nitro benzene ring substituents is 1. The van der Waals surface area contributed by atoms with Crippen LogP contribution >= 0.6 is 0 Å². The van der Waals surface area contributed by atoms with Crippen LogP contribution in [0, 0.1) is 16.0 Å². The molecule has 0 fully saturated rings. The summed E-state index contributed by atoms with van der Waals surface area (Å²) in [6, 6.07) is 4.08. The van der Waals surface area contributed by atoms with Crippen molar-refractivity contribution in [2.24, 2.45) is 5.92 Å². The minimum Gasteiger partial charge on any atom is -0.494 e. The molecule has 1 aromatic carbocycles. The molecule has 1 atom stereocenters. The van der Waals surface area contributed by atoms with Gasteiger partial charge in [-0.05, 0) is 12.5 Å². The number of methoxy groups -OCH3 is 1. The first kappa shape index (κ1) is 14.0. The van der Waals surface area contributed by atoms with Crippen LogP contribution in [0.2, 0.25) is 0 Å². The summed E-state index contributed by atoms with van der Waals surface area (Å²) < 4.78 is 5.03. The molecule has 1 rings (SSSR count). The van der Waals surface area contributed by atoms with Crippen molar-refractivity contribution in [3.05, 3.63) is 28.3 Å². The Bertz CT molecular complexity index is 459. The number of non-ortho nitro benzene ring substituents is 1. The SMILES string of the molecule is CC[C@@H](C)C(=O)Nc1ccc([N+](=O)[O-])cc1OC. The Balaban J connectivity index is 2.96. The third kappa shape index (κ3) is 3.19. The van der Waals surface area contributed by atoms with Gasteiger partial charge in [0.15, 0.2) is 0 Å². The van der Waals surface area contributed by atoms with Crippen LogP contribution in [0.5, 0.6) is 5.75 Å². The summed E-state index contributed by atoms with van der Waals surface area (Å²) in [6.45, 7) is 3.73. The lowest BCUT2D eigenvalue weighted by Crippen LogP contribution is -2.20. The van der Waals surface area contributed by atoms with Crippen molar-refractivity contribution in [2.45, 2.75) is 20.3 Å². The first-order chi connectivity index (χ1) is 8.49. The van der Waals surface area contributed by atoms with E-state index < -0.39 is 4.92 Å². The summed E-state index contributed by atoms with van der Waals surface area (Å²) in [7, 11) is 1.40. The molecular formula is C12H16N2O4. The first-order valence-electron chi connectivity index (χ1n) is 5.62. The summed E-state index contributed by atoms with van der Waals surface area (Å²) in [6.07, 6.45) is 0.723. The maximum atomic E-state index is 11.7. The first-order valence-corrected chi connectivity index (χ1v) is 5.62. The number of ether oxygens (including phenoxy) is 1. The van der Waals surface area contributed by atoms with Crippen molar-refractivity contribution in [2.75, 3.05) is 12.4 Å². The van der Waals surface area contributed by atoms with Crippen LogP contribution in [-0.4, -0.2) is 17.9 Å². The van der Waals surface area contributed by atoms with Crippen LogP contribution in [0.3, 0.4) is 0 Å². The van der Waals surface area contributed by atoms with Gasteiger partial charge in [-0.25, -0.2) is 0 Å². The highest BCUT2D eigenvalue weighted by Crippen LogP contribution is 2.29. The van der Waals surface area contributed by atoms with Crippen LogP contribution in [-0.2, 0) is 4.79 Å². The standard InChI is InChI=1S/C12H16N2O4/c1-4-8(2)12(15)13-10-6-5-9(14(16)17)7-11(10)18-3/h5-8H,4H2,1-3H3,(H,13,15)/t8-/m1/s1. The fourth-order valence-corrected chi connectivity index (χ4v) is 1.34. The Kier molecular flexibility index (Phi) is 4.65. The van der Waals surface area contributed by atoms with E-state index in [-0.39, 0.29) is 23.3 Å². The molecule has 98 valence electrons. The maximum absolute atomic E-state index is 11.7. The fourth-order valence-electron chi connectivity index (χ4n) is 1.34. The van der Waals surface area contributed by atoms with E-state index >= 15 is 0 Å². The second-order valence-corrected chi connectivity index (χ2v) is 3.94. The van der Waals surface area contributed by atoms with E-state index in [4.69, 9.17) is 4.74 Å². The molecule has 0 spiro atoms. The van der Waals surface area contributed by atoms with Gasteiger partial charge in [0.25, 0.3) is 5.69 Å². The van der Waals surface area contributed by atoms with Crippen LogP contribution in [0.1, 0.15) is 20.3 Å². The Morgan fingerprint density at radius 2 is 2.22 bits per heavy atom. The van der Waals surface area contributed by atoms with E-state index in [0.717, 1.165) is 6.42 Å². The summed E-state index contributed by atoms with van der Waals surface area (Å²) in [5, 5.41) is 13.3. The van der Waals surface area contributed by atoms with Gasteiger partial charge in [0.2, 0.25) is 5.91 Å². The summed E-state index contributed by atoms with van der Waals surface area (Å²) in [5.74, 6) is 0.0235. The lowest BCUT2D eigenvalue weighted by Gasteiger charge is -2.12. The Hall–Kier alpha value is -2.11. The van der Waals surface area contributed by atoms with Gasteiger partial charge < -0.3 is 10.1 Å². The highest BCUT2D eigenvalue weighted by atomic mass is 16.6. The molecule has 1 aromatic rings. The largest absolute Gasteiger partial charge is 0.494 e. The molecule has 0 unspecified atom stereocenters.